The molecule has 1 atom stereocenters. The van der Waals surface area contributed by atoms with Crippen molar-refractivity contribution in [1.82, 2.24) is 10.2 Å². The number of hydrogen-bond donors (Lipinski definition) is 1. The van der Waals surface area contributed by atoms with E-state index >= 15 is 0 Å². The van der Waals surface area contributed by atoms with Crippen molar-refractivity contribution in [1.29, 1.82) is 0 Å². The van der Waals surface area contributed by atoms with E-state index in [0.29, 0.717) is 0 Å². The Hall–Kier alpha value is -0.930. The number of nitrogens with zero attached hydrogens (tertiary/aromatic N) is 2. The summed E-state index contributed by atoms with van der Waals surface area (Å²) in [6.45, 7) is 4.71. The van der Waals surface area contributed by atoms with E-state index in [1.807, 2.05) is 25.2 Å². The van der Waals surface area contributed by atoms with Crippen molar-refractivity contribution in [2.45, 2.75) is 12.8 Å². The maximum absolute atomic E-state index is 6.20. The third-order valence-electron chi connectivity index (χ3n) is 3.12. The van der Waals surface area contributed by atoms with E-state index in [2.05, 4.69) is 22.1 Å². The van der Waals surface area contributed by atoms with Gasteiger partial charge in [0.1, 0.15) is 0 Å². The molecule has 0 fully saturated rings. The highest BCUT2D eigenvalue weighted by molar-refractivity contribution is 6.36. The molecule has 0 spiro atoms. The molecule has 1 N–H and O–H groups in total. The van der Waals surface area contributed by atoms with E-state index in [1.54, 1.807) is 0 Å². The lowest BCUT2D eigenvalue weighted by atomic mass is 10.0. The first-order valence-corrected chi connectivity index (χ1v) is 6.78. The lowest BCUT2D eigenvalue weighted by Crippen LogP contribution is -2.37. The van der Waals surface area contributed by atoms with E-state index in [4.69, 9.17) is 23.2 Å². The highest BCUT2D eigenvalue weighted by Gasteiger charge is 2.16. The average molecular weight is 286 g/mol. The predicted molar refractivity (Wildman–Crippen MR) is 77.8 cm³/mol. The molecule has 0 aromatic heterocycles. The quantitative estimate of drug-likeness (QED) is 0.925. The minimum absolute atomic E-state index is 0.239. The number of hydrogen-bond acceptors (Lipinski definition) is 3. The van der Waals surface area contributed by atoms with Crippen LogP contribution in [0.25, 0.3) is 0 Å². The molecule has 18 heavy (non-hydrogen) atoms. The largest absolute Gasteiger partial charge is 0.356 e. The first-order chi connectivity index (χ1) is 8.59. The fourth-order valence-electron chi connectivity index (χ4n) is 2.05. The van der Waals surface area contributed by atoms with Gasteiger partial charge in [0.05, 0.1) is 6.54 Å². The van der Waals surface area contributed by atoms with Crippen LogP contribution in [0.15, 0.2) is 23.2 Å². The zero-order chi connectivity index (χ0) is 13.1. The Morgan fingerprint density at radius 2 is 2.06 bits per heavy atom. The molecule has 0 saturated carbocycles. The normalized spacial score (nSPS) is 16.7. The third kappa shape index (κ3) is 2.90. The minimum atomic E-state index is 0.239. The summed E-state index contributed by atoms with van der Waals surface area (Å²) >= 11 is 12.4. The van der Waals surface area contributed by atoms with Crippen LogP contribution in [0.5, 0.6) is 0 Å². The summed E-state index contributed by atoms with van der Waals surface area (Å²) in [6.07, 6.45) is 0. The molecule has 1 unspecified atom stereocenters. The van der Waals surface area contributed by atoms with Gasteiger partial charge in [-0.05, 0) is 17.7 Å². The van der Waals surface area contributed by atoms with Crippen LogP contribution < -0.4 is 5.32 Å². The van der Waals surface area contributed by atoms with Crippen LogP contribution >= 0.6 is 23.2 Å². The molecule has 2 rings (SSSR count). The fourth-order valence-corrected chi connectivity index (χ4v) is 2.82. The first kappa shape index (κ1) is 13.5. The van der Waals surface area contributed by atoms with Crippen molar-refractivity contribution >= 4 is 29.2 Å². The van der Waals surface area contributed by atoms with Gasteiger partial charge in [0.15, 0.2) is 5.96 Å². The van der Waals surface area contributed by atoms with Crippen LogP contribution in [0.3, 0.4) is 0 Å². The van der Waals surface area contributed by atoms with Crippen molar-refractivity contribution in [2.24, 2.45) is 4.99 Å². The predicted octanol–water partition coefficient (Wildman–Crippen LogP) is 2.99. The van der Waals surface area contributed by atoms with Gasteiger partial charge in [-0.25, -0.2) is 0 Å². The van der Waals surface area contributed by atoms with Gasteiger partial charge in [-0.2, -0.15) is 0 Å². The standard InChI is InChI=1S/C13H17Cl2N3/c1-9(8-17-13-16-6-7-18(13)2)12-10(14)4-3-5-11(12)15/h3-5,9H,6-8H2,1-2H3,(H,16,17). The van der Waals surface area contributed by atoms with Crippen LogP contribution in [0.2, 0.25) is 10.0 Å². The molecule has 0 aliphatic carbocycles. The van der Waals surface area contributed by atoms with Crippen molar-refractivity contribution in [3.05, 3.63) is 33.8 Å². The Morgan fingerprint density at radius 3 is 2.61 bits per heavy atom. The van der Waals surface area contributed by atoms with Crippen molar-refractivity contribution in [3.8, 4) is 0 Å². The summed E-state index contributed by atoms with van der Waals surface area (Å²) in [6, 6.07) is 5.61. The van der Waals surface area contributed by atoms with Crippen molar-refractivity contribution < 1.29 is 0 Å². The Kier molecular flexibility index (Phi) is 4.36. The van der Waals surface area contributed by atoms with Gasteiger partial charge in [0, 0.05) is 36.1 Å². The van der Waals surface area contributed by atoms with Crippen LogP contribution in [-0.2, 0) is 0 Å². The zero-order valence-corrected chi connectivity index (χ0v) is 12.1. The van der Waals surface area contributed by atoms with Gasteiger partial charge in [0.2, 0.25) is 0 Å². The molecular formula is C13H17Cl2N3. The summed E-state index contributed by atoms with van der Waals surface area (Å²) in [5, 5.41) is 4.78. The second-order valence-corrected chi connectivity index (χ2v) is 5.36. The van der Waals surface area contributed by atoms with Gasteiger partial charge < -0.3 is 10.2 Å². The Morgan fingerprint density at radius 1 is 1.39 bits per heavy atom. The van der Waals surface area contributed by atoms with E-state index < -0.39 is 0 Å². The van der Waals surface area contributed by atoms with Crippen LogP contribution in [-0.4, -0.2) is 37.5 Å². The maximum Gasteiger partial charge on any atom is 0.193 e. The third-order valence-corrected chi connectivity index (χ3v) is 3.78. The second-order valence-electron chi connectivity index (χ2n) is 4.54. The highest BCUT2D eigenvalue weighted by Crippen LogP contribution is 2.30. The van der Waals surface area contributed by atoms with Gasteiger partial charge in [-0.15, -0.1) is 0 Å². The van der Waals surface area contributed by atoms with Crippen LogP contribution in [0, 0.1) is 0 Å². The fraction of sp³-hybridized carbons (Fsp3) is 0.462. The smallest absolute Gasteiger partial charge is 0.193 e. The molecule has 0 saturated heterocycles. The Bertz CT molecular complexity index is 439. The van der Waals surface area contributed by atoms with Gasteiger partial charge in [-0.3, -0.25) is 4.99 Å². The SMILES string of the molecule is CC(CNC1=NCCN1C)c1c(Cl)cccc1Cl. The molecule has 1 aliphatic heterocycles. The summed E-state index contributed by atoms with van der Waals surface area (Å²) < 4.78 is 0. The minimum Gasteiger partial charge on any atom is -0.356 e. The van der Waals surface area contributed by atoms with Crippen molar-refractivity contribution in [2.75, 3.05) is 26.7 Å². The van der Waals surface area contributed by atoms with Crippen LogP contribution in [0.1, 0.15) is 18.4 Å². The molecule has 1 aromatic rings. The number of guanidine groups is 1. The highest BCUT2D eigenvalue weighted by atomic mass is 35.5. The molecule has 0 amide bonds. The lowest BCUT2D eigenvalue weighted by molar-refractivity contribution is 0.529. The summed E-state index contributed by atoms with van der Waals surface area (Å²) in [4.78, 5) is 6.50. The van der Waals surface area contributed by atoms with Crippen molar-refractivity contribution in [3.63, 3.8) is 0 Å². The number of likely N-dealkylation sites (N-methyl/N-ethyl adjacent to an activating group) is 1. The Labute approximate surface area is 118 Å². The van der Waals surface area contributed by atoms with E-state index in [1.165, 1.54) is 0 Å². The van der Waals surface area contributed by atoms with Gasteiger partial charge in [-0.1, -0.05) is 36.2 Å². The zero-order valence-electron chi connectivity index (χ0n) is 10.6. The summed E-state index contributed by atoms with van der Waals surface area (Å²) in [7, 11) is 2.03. The monoisotopic (exact) mass is 285 g/mol. The number of benzene rings is 1. The number of halogens is 2. The molecular weight excluding hydrogens is 269 g/mol. The second kappa shape index (κ2) is 5.81. The van der Waals surface area contributed by atoms with Gasteiger partial charge in [0.25, 0.3) is 0 Å². The molecule has 0 radical (unpaired) electrons. The maximum atomic E-state index is 6.20. The number of nitrogens with one attached hydrogen (secondary N) is 1. The van der Waals surface area contributed by atoms with Crippen LogP contribution in [0.4, 0.5) is 0 Å². The topological polar surface area (TPSA) is 27.6 Å². The first-order valence-electron chi connectivity index (χ1n) is 6.03. The summed E-state index contributed by atoms with van der Waals surface area (Å²) in [5.41, 5.74) is 0.995. The number of rotatable bonds is 3. The lowest BCUT2D eigenvalue weighted by Gasteiger charge is -2.20. The molecule has 5 heteroatoms. The molecule has 0 bridgehead atoms. The van der Waals surface area contributed by atoms with E-state index in [0.717, 1.165) is 41.2 Å². The Balaban J connectivity index is 2.02. The molecule has 3 nitrogen and oxygen atoms in total. The molecule has 1 heterocycles. The molecule has 1 aromatic carbocycles. The average Bonchev–Trinajstić information content (AvgIpc) is 2.72. The van der Waals surface area contributed by atoms with E-state index in [-0.39, 0.29) is 5.92 Å². The molecule has 98 valence electrons. The van der Waals surface area contributed by atoms with Gasteiger partial charge >= 0.3 is 0 Å². The molecule has 1 aliphatic rings. The summed E-state index contributed by atoms with van der Waals surface area (Å²) in [5.74, 6) is 1.19. The number of aliphatic imine (C=N–C) groups is 1. The van der Waals surface area contributed by atoms with E-state index in [9.17, 15) is 0 Å².